The molecule has 0 radical (unpaired) electrons. The molecule has 0 saturated heterocycles. The first kappa shape index (κ1) is 13.9. The summed E-state index contributed by atoms with van der Waals surface area (Å²) in [7, 11) is 0. The van der Waals surface area contributed by atoms with Crippen molar-refractivity contribution in [1.29, 1.82) is 0 Å². The second-order valence-electron chi connectivity index (χ2n) is 4.89. The number of aryl methyl sites for hydroxylation is 1. The Balaban J connectivity index is 2.25. The summed E-state index contributed by atoms with van der Waals surface area (Å²) in [6, 6.07) is 13.0. The van der Waals surface area contributed by atoms with Crippen LogP contribution in [0.4, 0.5) is 11.4 Å². The molecule has 0 heterocycles. The predicted octanol–water partition coefficient (Wildman–Crippen LogP) is 3.45. The second kappa shape index (κ2) is 5.65. The van der Waals surface area contributed by atoms with Crippen LogP contribution in [0.3, 0.4) is 0 Å². The van der Waals surface area contributed by atoms with Gasteiger partial charge in [0.2, 0.25) is 0 Å². The van der Waals surface area contributed by atoms with Crippen molar-refractivity contribution in [3.05, 3.63) is 59.2 Å². The van der Waals surface area contributed by atoms with E-state index < -0.39 is 5.97 Å². The van der Waals surface area contributed by atoms with Crippen LogP contribution in [-0.4, -0.2) is 11.1 Å². The van der Waals surface area contributed by atoms with Crippen molar-refractivity contribution in [3.63, 3.8) is 0 Å². The Morgan fingerprint density at radius 2 is 1.85 bits per heavy atom. The fourth-order valence-corrected chi connectivity index (χ4v) is 2.04. The van der Waals surface area contributed by atoms with E-state index >= 15 is 0 Å². The second-order valence-corrected chi connectivity index (χ2v) is 4.89. The lowest BCUT2D eigenvalue weighted by Crippen LogP contribution is -2.11. The van der Waals surface area contributed by atoms with Crippen LogP contribution in [0.5, 0.6) is 0 Å². The van der Waals surface area contributed by atoms with Crippen molar-refractivity contribution < 1.29 is 9.90 Å². The minimum absolute atomic E-state index is 0.0114. The van der Waals surface area contributed by atoms with Gasteiger partial charge in [0.1, 0.15) is 0 Å². The molecular weight excluding hydrogens is 252 g/mol. The van der Waals surface area contributed by atoms with Gasteiger partial charge in [-0.2, -0.15) is 0 Å². The molecule has 0 spiro atoms. The molecule has 4 heteroatoms. The van der Waals surface area contributed by atoms with Crippen LogP contribution in [0, 0.1) is 6.92 Å². The number of hydrogen-bond donors (Lipinski definition) is 3. The highest BCUT2D eigenvalue weighted by molar-refractivity contribution is 5.95. The predicted molar refractivity (Wildman–Crippen MR) is 81.0 cm³/mol. The molecule has 0 bridgehead atoms. The molecule has 2 aromatic rings. The zero-order valence-electron chi connectivity index (χ0n) is 11.6. The maximum Gasteiger partial charge on any atom is 0.337 e. The summed E-state index contributed by atoms with van der Waals surface area (Å²) in [6.45, 7) is 4.02. The smallest absolute Gasteiger partial charge is 0.337 e. The van der Waals surface area contributed by atoms with Gasteiger partial charge in [-0.25, -0.2) is 4.79 Å². The summed E-state index contributed by atoms with van der Waals surface area (Å²) in [5.41, 5.74) is 9.12. The molecule has 0 amide bonds. The lowest BCUT2D eigenvalue weighted by molar-refractivity contribution is 0.0698. The van der Waals surface area contributed by atoms with Crippen LogP contribution in [-0.2, 0) is 0 Å². The number of carboxylic acid groups (broad SMARTS) is 1. The SMILES string of the molecule is Cc1ccc(C(C)Nc2ccc(N)cc2C(=O)O)cc1. The van der Waals surface area contributed by atoms with E-state index in [-0.39, 0.29) is 11.6 Å². The highest BCUT2D eigenvalue weighted by Gasteiger charge is 2.13. The van der Waals surface area contributed by atoms with E-state index in [0.29, 0.717) is 11.4 Å². The van der Waals surface area contributed by atoms with Gasteiger partial charge in [0.25, 0.3) is 0 Å². The number of aromatic carboxylic acids is 1. The number of nitrogen functional groups attached to an aromatic ring is 1. The molecule has 0 aliphatic heterocycles. The Morgan fingerprint density at radius 3 is 2.45 bits per heavy atom. The van der Waals surface area contributed by atoms with Crippen molar-refractivity contribution in [1.82, 2.24) is 0 Å². The molecule has 0 saturated carbocycles. The highest BCUT2D eigenvalue weighted by atomic mass is 16.4. The van der Waals surface area contributed by atoms with E-state index in [0.717, 1.165) is 5.56 Å². The van der Waals surface area contributed by atoms with Crippen LogP contribution in [0.25, 0.3) is 0 Å². The molecule has 2 rings (SSSR count). The number of carbonyl (C=O) groups is 1. The summed E-state index contributed by atoms with van der Waals surface area (Å²) in [6.07, 6.45) is 0. The number of nitrogens with one attached hydrogen (secondary N) is 1. The summed E-state index contributed by atoms with van der Waals surface area (Å²) in [4.78, 5) is 11.2. The monoisotopic (exact) mass is 270 g/mol. The van der Waals surface area contributed by atoms with Crippen LogP contribution in [0.2, 0.25) is 0 Å². The average Bonchev–Trinajstić information content (AvgIpc) is 2.41. The van der Waals surface area contributed by atoms with Gasteiger partial charge in [-0.05, 0) is 37.6 Å². The third kappa shape index (κ3) is 3.09. The number of anilines is 2. The Hall–Kier alpha value is -2.49. The van der Waals surface area contributed by atoms with Crippen molar-refractivity contribution >= 4 is 17.3 Å². The van der Waals surface area contributed by atoms with Crippen molar-refractivity contribution in [2.45, 2.75) is 19.9 Å². The van der Waals surface area contributed by atoms with E-state index in [2.05, 4.69) is 5.32 Å². The van der Waals surface area contributed by atoms with E-state index in [4.69, 9.17) is 5.73 Å². The lowest BCUT2D eigenvalue weighted by atomic mass is 10.1. The molecule has 1 atom stereocenters. The first-order valence-electron chi connectivity index (χ1n) is 6.43. The topological polar surface area (TPSA) is 75.3 Å². The lowest BCUT2D eigenvalue weighted by Gasteiger charge is -2.18. The maximum absolute atomic E-state index is 11.2. The van der Waals surface area contributed by atoms with Crippen LogP contribution in [0.15, 0.2) is 42.5 Å². The summed E-state index contributed by atoms with van der Waals surface area (Å²) < 4.78 is 0. The van der Waals surface area contributed by atoms with E-state index in [1.54, 1.807) is 12.1 Å². The van der Waals surface area contributed by atoms with Crippen LogP contribution < -0.4 is 11.1 Å². The van der Waals surface area contributed by atoms with Crippen molar-refractivity contribution in [3.8, 4) is 0 Å². The number of nitrogens with two attached hydrogens (primary N) is 1. The molecule has 0 aliphatic carbocycles. The van der Waals surface area contributed by atoms with Gasteiger partial charge in [-0.3, -0.25) is 0 Å². The Morgan fingerprint density at radius 1 is 1.20 bits per heavy atom. The first-order valence-corrected chi connectivity index (χ1v) is 6.43. The number of rotatable bonds is 4. The van der Waals surface area contributed by atoms with Gasteiger partial charge in [-0.15, -0.1) is 0 Å². The average molecular weight is 270 g/mol. The molecule has 4 N–H and O–H groups in total. The normalized spacial score (nSPS) is 11.9. The maximum atomic E-state index is 11.2. The van der Waals surface area contributed by atoms with E-state index in [1.165, 1.54) is 11.6 Å². The third-order valence-corrected chi connectivity index (χ3v) is 3.22. The van der Waals surface area contributed by atoms with Gasteiger partial charge in [-0.1, -0.05) is 29.8 Å². The third-order valence-electron chi connectivity index (χ3n) is 3.22. The van der Waals surface area contributed by atoms with Gasteiger partial charge in [0.15, 0.2) is 0 Å². The summed E-state index contributed by atoms with van der Waals surface area (Å²) >= 11 is 0. The number of carboxylic acids is 1. The number of hydrogen-bond acceptors (Lipinski definition) is 3. The molecule has 104 valence electrons. The fourth-order valence-electron chi connectivity index (χ4n) is 2.04. The number of benzene rings is 2. The minimum Gasteiger partial charge on any atom is -0.478 e. The zero-order valence-corrected chi connectivity index (χ0v) is 11.6. The van der Waals surface area contributed by atoms with E-state index in [1.807, 2.05) is 38.1 Å². The van der Waals surface area contributed by atoms with Crippen LogP contribution >= 0.6 is 0 Å². The molecule has 2 aromatic carbocycles. The standard InChI is InChI=1S/C16H18N2O2/c1-10-3-5-12(6-4-10)11(2)18-15-8-7-13(17)9-14(15)16(19)20/h3-9,11,18H,17H2,1-2H3,(H,19,20). The van der Waals surface area contributed by atoms with Gasteiger partial charge in [0.05, 0.1) is 5.56 Å². The van der Waals surface area contributed by atoms with Crippen molar-refractivity contribution in [2.75, 3.05) is 11.1 Å². The molecule has 20 heavy (non-hydrogen) atoms. The van der Waals surface area contributed by atoms with Gasteiger partial charge < -0.3 is 16.2 Å². The molecule has 1 unspecified atom stereocenters. The summed E-state index contributed by atoms with van der Waals surface area (Å²) in [5.74, 6) is -0.990. The molecule has 0 aromatic heterocycles. The molecular formula is C16H18N2O2. The van der Waals surface area contributed by atoms with Crippen LogP contribution in [0.1, 0.15) is 34.5 Å². The molecule has 0 aliphatic rings. The Labute approximate surface area is 118 Å². The van der Waals surface area contributed by atoms with Gasteiger partial charge >= 0.3 is 5.97 Å². The minimum atomic E-state index is -0.990. The molecule has 0 fully saturated rings. The first-order chi connectivity index (χ1) is 9.47. The largest absolute Gasteiger partial charge is 0.478 e. The highest BCUT2D eigenvalue weighted by Crippen LogP contribution is 2.24. The Kier molecular flexibility index (Phi) is 3.94. The van der Waals surface area contributed by atoms with Crippen molar-refractivity contribution in [2.24, 2.45) is 0 Å². The fraction of sp³-hybridized carbons (Fsp3) is 0.188. The Bertz CT molecular complexity index is 621. The van der Waals surface area contributed by atoms with Gasteiger partial charge in [0, 0.05) is 17.4 Å². The summed E-state index contributed by atoms with van der Waals surface area (Å²) in [5, 5.41) is 12.4. The van der Waals surface area contributed by atoms with E-state index in [9.17, 15) is 9.90 Å². The zero-order chi connectivity index (χ0) is 14.7. The molecule has 4 nitrogen and oxygen atoms in total. The quantitative estimate of drug-likeness (QED) is 0.744.